The molecule has 1 atom stereocenters. The van der Waals surface area contributed by atoms with Crippen LogP contribution in [0.3, 0.4) is 0 Å². The summed E-state index contributed by atoms with van der Waals surface area (Å²) in [6, 6.07) is 16.6. The summed E-state index contributed by atoms with van der Waals surface area (Å²) in [6.45, 7) is 9.10. The number of nitrogens with zero attached hydrogens (tertiary/aromatic N) is 3. The number of aryl methyl sites for hydroxylation is 1. The van der Waals surface area contributed by atoms with E-state index >= 15 is 0 Å². The van der Waals surface area contributed by atoms with Gasteiger partial charge in [-0.1, -0.05) is 42.5 Å². The summed E-state index contributed by atoms with van der Waals surface area (Å²) < 4.78 is 8.10. The normalized spacial score (nSPS) is 12.0. The summed E-state index contributed by atoms with van der Waals surface area (Å²) in [6.07, 6.45) is 5.62. The fraction of sp³-hybridized carbons (Fsp3) is 0.333. The van der Waals surface area contributed by atoms with Crippen LogP contribution in [0.15, 0.2) is 72.2 Å². The molecule has 3 rings (SSSR count). The smallest absolute Gasteiger partial charge is 0.191 e. The molecule has 0 bridgehead atoms. The highest BCUT2D eigenvalue weighted by Crippen LogP contribution is 2.17. The van der Waals surface area contributed by atoms with E-state index in [1.165, 1.54) is 11.1 Å². The molecular formula is C24H32IN5O. The quantitative estimate of drug-likeness (QED) is 0.244. The average Bonchev–Trinajstić information content (AvgIpc) is 3.26. The van der Waals surface area contributed by atoms with Gasteiger partial charge < -0.3 is 19.9 Å². The van der Waals surface area contributed by atoms with Crippen LogP contribution in [0.5, 0.6) is 5.75 Å². The SMILES string of the molecule is CCNC(=NCc1ccc(Cn2ccnc2)cc1)NCC(C)Oc1ccccc1C.I. The van der Waals surface area contributed by atoms with Gasteiger partial charge in [-0.05, 0) is 43.5 Å². The zero-order valence-corrected chi connectivity index (χ0v) is 20.7. The van der Waals surface area contributed by atoms with E-state index < -0.39 is 0 Å². The standard InChI is InChI=1S/C24H31N5O.HI/c1-4-26-24(27-15-20(3)30-23-8-6-5-7-19(23)2)28-16-21-9-11-22(12-10-21)17-29-14-13-25-18-29;/h5-14,18,20H,4,15-17H2,1-3H3,(H2,26,27,28);1H. The van der Waals surface area contributed by atoms with Gasteiger partial charge in [0, 0.05) is 25.5 Å². The van der Waals surface area contributed by atoms with Crippen LogP contribution in [0, 0.1) is 6.92 Å². The summed E-state index contributed by atoms with van der Waals surface area (Å²) in [7, 11) is 0. The minimum atomic E-state index is 0. The van der Waals surface area contributed by atoms with E-state index in [-0.39, 0.29) is 30.1 Å². The lowest BCUT2D eigenvalue weighted by Gasteiger charge is -2.18. The van der Waals surface area contributed by atoms with Crippen LogP contribution in [-0.4, -0.2) is 34.7 Å². The van der Waals surface area contributed by atoms with Gasteiger partial charge in [-0.15, -0.1) is 24.0 Å². The number of nitrogens with one attached hydrogen (secondary N) is 2. The molecule has 0 aliphatic carbocycles. The van der Waals surface area contributed by atoms with E-state index in [4.69, 9.17) is 9.73 Å². The Balaban J connectivity index is 0.00000341. The molecule has 1 unspecified atom stereocenters. The van der Waals surface area contributed by atoms with Crippen molar-refractivity contribution in [1.29, 1.82) is 0 Å². The number of imidazole rings is 1. The lowest BCUT2D eigenvalue weighted by atomic mass is 10.1. The Labute approximate surface area is 202 Å². The molecule has 7 heteroatoms. The zero-order chi connectivity index (χ0) is 21.2. The van der Waals surface area contributed by atoms with Gasteiger partial charge in [0.1, 0.15) is 11.9 Å². The fourth-order valence-corrected chi connectivity index (χ4v) is 3.04. The summed E-state index contributed by atoms with van der Waals surface area (Å²) in [5, 5.41) is 6.67. The molecule has 0 spiro atoms. The molecule has 0 saturated carbocycles. The van der Waals surface area contributed by atoms with Crippen LogP contribution in [0.2, 0.25) is 0 Å². The predicted molar refractivity (Wildman–Crippen MR) is 137 cm³/mol. The molecule has 0 aliphatic rings. The Kier molecular flexibility index (Phi) is 10.4. The van der Waals surface area contributed by atoms with Gasteiger partial charge in [0.2, 0.25) is 0 Å². The lowest BCUT2D eigenvalue weighted by molar-refractivity contribution is 0.222. The van der Waals surface area contributed by atoms with Gasteiger partial charge >= 0.3 is 0 Å². The van der Waals surface area contributed by atoms with Crippen molar-refractivity contribution >= 4 is 29.9 Å². The summed E-state index contributed by atoms with van der Waals surface area (Å²) in [5.74, 6) is 1.71. The molecule has 2 aromatic carbocycles. The first-order chi connectivity index (χ1) is 14.6. The van der Waals surface area contributed by atoms with Crippen molar-refractivity contribution in [2.75, 3.05) is 13.1 Å². The van der Waals surface area contributed by atoms with Crippen LogP contribution >= 0.6 is 24.0 Å². The fourth-order valence-electron chi connectivity index (χ4n) is 3.04. The maximum Gasteiger partial charge on any atom is 0.191 e. The summed E-state index contributed by atoms with van der Waals surface area (Å²) in [4.78, 5) is 8.79. The van der Waals surface area contributed by atoms with Gasteiger partial charge in [-0.2, -0.15) is 0 Å². The van der Waals surface area contributed by atoms with Crippen LogP contribution in [-0.2, 0) is 13.1 Å². The van der Waals surface area contributed by atoms with Gasteiger partial charge in [-0.25, -0.2) is 9.98 Å². The maximum atomic E-state index is 6.04. The Hall–Kier alpha value is -2.55. The number of para-hydroxylation sites is 1. The van der Waals surface area contributed by atoms with E-state index in [0.29, 0.717) is 13.1 Å². The Morgan fingerprint density at radius 2 is 1.84 bits per heavy atom. The van der Waals surface area contributed by atoms with Crippen molar-refractivity contribution in [1.82, 2.24) is 20.2 Å². The monoisotopic (exact) mass is 533 g/mol. The Bertz CT molecular complexity index is 925. The van der Waals surface area contributed by atoms with E-state index in [9.17, 15) is 0 Å². The first-order valence-corrected chi connectivity index (χ1v) is 10.4. The van der Waals surface area contributed by atoms with Crippen molar-refractivity contribution in [2.24, 2.45) is 4.99 Å². The van der Waals surface area contributed by atoms with Crippen LogP contribution in [0.25, 0.3) is 0 Å². The van der Waals surface area contributed by atoms with Crippen LogP contribution in [0.4, 0.5) is 0 Å². The largest absolute Gasteiger partial charge is 0.489 e. The van der Waals surface area contributed by atoms with Gasteiger partial charge in [0.15, 0.2) is 5.96 Å². The highest BCUT2D eigenvalue weighted by Gasteiger charge is 2.07. The number of hydrogen-bond acceptors (Lipinski definition) is 3. The molecule has 6 nitrogen and oxygen atoms in total. The minimum Gasteiger partial charge on any atom is -0.489 e. The molecule has 1 aromatic heterocycles. The van der Waals surface area contributed by atoms with E-state index in [0.717, 1.165) is 30.4 Å². The Morgan fingerprint density at radius 3 is 2.52 bits per heavy atom. The molecule has 166 valence electrons. The number of rotatable bonds is 9. The molecule has 0 radical (unpaired) electrons. The zero-order valence-electron chi connectivity index (χ0n) is 18.4. The van der Waals surface area contributed by atoms with Crippen LogP contribution in [0.1, 0.15) is 30.5 Å². The lowest BCUT2D eigenvalue weighted by Crippen LogP contribution is -2.41. The second kappa shape index (κ2) is 13.0. The molecule has 2 N–H and O–H groups in total. The third-order valence-corrected chi connectivity index (χ3v) is 4.69. The van der Waals surface area contributed by atoms with Crippen molar-refractivity contribution in [2.45, 2.75) is 40.0 Å². The predicted octanol–water partition coefficient (Wildman–Crippen LogP) is 4.38. The highest BCUT2D eigenvalue weighted by atomic mass is 127. The number of hydrogen-bond donors (Lipinski definition) is 2. The minimum absolute atomic E-state index is 0. The molecule has 31 heavy (non-hydrogen) atoms. The Morgan fingerprint density at radius 1 is 1.10 bits per heavy atom. The number of halogens is 1. The van der Waals surface area contributed by atoms with Crippen LogP contribution < -0.4 is 15.4 Å². The molecule has 0 amide bonds. The van der Waals surface area contributed by atoms with E-state index in [2.05, 4.69) is 71.3 Å². The third-order valence-electron chi connectivity index (χ3n) is 4.69. The number of benzene rings is 2. The summed E-state index contributed by atoms with van der Waals surface area (Å²) >= 11 is 0. The number of aliphatic imine (C=N–C) groups is 1. The van der Waals surface area contributed by atoms with E-state index in [1.54, 1.807) is 6.20 Å². The molecule has 3 aromatic rings. The molecular weight excluding hydrogens is 501 g/mol. The van der Waals surface area contributed by atoms with Gasteiger partial charge in [-0.3, -0.25) is 0 Å². The van der Waals surface area contributed by atoms with Crippen molar-refractivity contribution in [3.63, 3.8) is 0 Å². The molecule has 1 heterocycles. The van der Waals surface area contributed by atoms with E-state index in [1.807, 2.05) is 30.7 Å². The van der Waals surface area contributed by atoms with Crippen molar-refractivity contribution in [3.8, 4) is 5.75 Å². The molecule has 0 saturated heterocycles. The van der Waals surface area contributed by atoms with Gasteiger partial charge in [0.25, 0.3) is 0 Å². The summed E-state index contributed by atoms with van der Waals surface area (Å²) in [5.41, 5.74) is 3.56. The number of ether oxygens (including phenoxy) is 1. The third kappa shape index (κ3) is 8.24. The maximum absolute atomic E-state index is 6.04. The van der Waals surface area contributed by atoms with Gasteiger partial charge in [0.05, 0.1) is 19.4 Å². The average molecular weight is 533 g/mol. The molecule has 0 aliphatic heterocycles. The first-order valence-electron chi connectivity index (χ1n) is 10.4. The topological polar surface area (TPSA) is 63.5 Å². The highest BCUT2D eigenvalue weighted by molar-refractivity contribution is 14.0. The number of guanidine groups is 1. The second-order valence-electron chi connectivity index (χ2n) is 7.32. The number of aromatic nitrogens is 2. The van der Waals surface area contributed by atoms with Crippen molar-refractivity contribution < 1.29 is 4.74 Å². The second-order valence-corrected chi connectivity index (χ2v) is 7.32. The first kappa shape index (κ1) is 24.7. The van der Waals surface area contributed by atoms with Crippen molar-refractivity contribution in [3.05, 3.63) is 83.9 Å². The molecule has 0 fully saturated rings.